The third kappa shape index (κ3) is 6.08. The molecule has 0 bridgehead atoms. The van der Waals surface area contributed by atoms with E-state index in [-0.39, 0.29) is 25.0 Å². The number of carbonyl (C=O) groups is 6. The largest absolute Gasteiger partial charge is 0.480 e. The Morgan fingerprint density at radius 3 is 2.28 bits per heavy atom. The fraction of sp³-hybridized carbons (Fsp3) is 0.267. The van der Waals surface area contributed by atoms with Crippen LogP contribution >= 0.6 is 11.8 Å². The predicted molar refractivity (Wildman–Crippen MR) is 161 cm³/mol. The summed E-state index contributed by atoms with van der Waals surface area (Å²) in [6.07, 6.45) is -0.595. The number of hydrogen-bond donors (Lipinski definition) is 5. The number of thioether (sulfide) groups is 1. The summed E-state index contributed by atoms with van der Waals surface area (Å²) < 4.78 is 0. The van der Waals surface area contributed by atoms with E-state index < -0.39 is 59.4 Å². The molecule has 43 heavy (non-hydrogen) atoms. The molecule has 1 aliphatic heterocycles. The maximum absolute atomic E-state index is 13.6. The maximum Gasteiger partial charge on any atom is 0.322 e. The van der Waals surface area contributed by atoms with Crippen LogP contribution in [0.15, 0.2) is 54.6 Å². The van der Waals surface area contributed by atoms with Gasteiger partial charge in [-0.15, -0.1) is 11.8 Å². The van der Waals surface area contributed by atoms with Gasteiger partial charge in [0.15, 0.2) is 0 Å². The number of nitrogens with one attached hydrogen (secondary N) is 2. The third-order valence-corrected chi connectivity index (χ3v) is 8.68. The van der Waals surface area contributed by atoms with Crippen LogP contribution in [0.25, 0.3) is 32.3 Å². The molecule has 6 N–H and O–H groups in total. The summed E-state index contributed by atoms with van der Waals surface area (Å²) in [4.78, 5) is 75.0. The molecule has 0 spiro atoms. The fourth-order valence-corrected chi connectivity index (χ4v) is 6.43. The van der Waals surface area contributed by atoms with Crippen molar-refractivity contribution in [3.8, 4) is 0 Å². The van der Waals surface area contributed by atoms with Crippen LogP contribution in [0.5, 0.6) is 0 Å². The first-order valence-corrected chi connectivity index (χ1v) is 14.5. The van der Waals surface area contributed by atoms with E-state index in [9.17, 15) is 28.8 Å². The SMILES string of the molecule is N[C@@H](CCC(=O)N[C@@H](CSC1CC(=O)N(c2ccc3ccc4cccc5ccc2c3c45)C1=O)C(=O)NCC(=O)O)C(=O)O. The first kappa shape index (κ1) is 29.7. The molecular weight excluding hydrogens is 576 g/mol. The van der Waals surface area contributed by atoms with Crippen LogP contribution in [-0.2, 0) is 28.8 Å². The highest BCUT2D eigenvalue weighted by Crippen LogP contribution is 2.41. The topological polar surface area (TPSA) is 196 Å². The van der Waals surface area contributed by atoms with E-state index >= 15 is 0 Å². The number of aliphatic carboxylic acids is 2. The molecule has 0 aliphatic carbocycles. The monoisotopic (exact) mass is 604 g/mol. The Hall–Kier alpha value is -4.75. The summed E-state index contributed by atoms with van der Waals surface area (Å²) in [5, 5.41) is 27.5. The molecule has 0 saturated carbocycles. The molecule has 13 heteroatoms. The number of carbonyl (C=O) groups excluding carboxylic acids is 4. The molecule has 4 aromatic carbocycles. The van der Waals surface area contributed by atoms with Crippen molar-refractivity contribution in [3.63, 3.8) is 0 Å². The zero-order valence-electron chi connectivity index (χ0n) is 22.7. The number of hydrogen-bond acceptors (Lipinski definition) is 8. The van der Waals surface area contributed by atoms with Crippen molar-refractivity contribution in [2.24, 2.45) is 5.73 Å². The Bertz CT molecular complexity index is 1760. The summed E-state index contributed by atoms with van der Waals surface area (Å²) >= 11 is 0.996. The standard InChI is InChI=1S/C30H28N4O8S/c31-19(30(41)42)9-11-23(35)33-20(28(39)32-13-25(37)38)14-43-22-12-24(36)34(29(22)40)21-10-7-17-5-4-15-2-1-3-16-6-8-18(21)27(17)26(15)16/h1-8,10,19-20,22H,9,11-14,31H2,(H,32,39)(H,33,35)(H,37,38)(H,41,42)/t19-,20-,22?/m0/s1. The number of nitrogens with two attached hydrogens (primary N) is 1. The zero-order chi connectivity index (χ0) is 30.8. The Labute approximate surface area is 248 Å². The van der Waals surface area contributed by atoms with Crippen LogP contribution in [0.1, 0.15) is 19.3 Å². The fourth-order valence-electron chi connectivity index (χ4n) is 5.26. The van der Waals surface area contributed by atoms with Crippen molar-refractivity contribution < 1.29 is 39.0 Å². The highest BCUT2D eigenvalue weighted by molar-refractivity contribution is 8.00. The minimum absolute atomic E-state index is 0.129. The third-order valence-electron chi connectivity index (χ3n) is 7.38. The Kier molecular flexibility index (Phi) is 8.46. The van der Waals surface area contributed by atoms with Gasteiger partial charge >= 0.3 is 11.9 Å². The van der Waals surface area contributed by atoms with E-state index in [0.717, 1.165) is 49.0 Å². The van der Waals surface area contributed by atoms with Gasteiger partial charge in [-0.05, 0) is 39.4 Å². The second kappa shape index (κ2) is 12.2. The molecular formula is C30H28N4O8S. The quantitative estimate of drug-likeness (QED) is 0.118. The molecule has 0 aromatic heterocycles. The Morgan fingerprint density at radius 2 is 1.60 bits per heavy atom. The number of carboxylic acid groups (broad SMARTS) is 2. The van der Waals surface area contributed by atoms with Gasteiger partial charge in [0, 0.05) is 24.0 Å². The van der Waals surface area contributed by atoms with Crippen molar-refractivity contribution in [2.45, 2.75) is 36.6 Å². The van der Waals surface area contributed by atoms with Gasteiger partial charge < -0.3 is 26.6 Å². The molecule has 1 aliphatic rings. The molecule has 1 unspecified atom stereocenters. The molecule has 1 fully saturated rings. The number of carboxylic acids is 2. The van der Waals surface area contributed by atoms with Gasteiger partial charge in [-0.1, -0.05) is 48.5 Å². The van der Waals surface area contributed by atoms with Gasteiger partial charge in [0.1, 0.15) is 18.6 Å². The number of imide groups is 1. The van der Waals surface area contributed by atoms with Crippen molar-refractivity contribution in [3.05, 3.63) is 54.6 Å². The van der Waals surface area contributed by atoms with Crippen LogP contribution in [0, 0.1) is 0 Å². The van der Waals surface area contributed by atoms with Crippen LogP contribution in [0.2, 0.25) is 0 Å². The van der Waals surface area contributed by atoms with Gasteiger partial charge in [-0.2, -0.15) is 0 Å². The van der Waals surface area contributed by atoms with Crippen molar-refractivity contribution in [1.29, 1.82) is 0 Å². The molecule has 5 rings (SSSR count). The second-order valence-corrected chi connectivity index (χ2v) is 11.5. The molecule has 12 nitrogen and oxygen atoms in total. The summed E-state index contributed by atoms with van der Waals surface area (Å²) in [6.45, 7) is -0.691. The molecule has 222 valence electrons. The van der Waals surface area contributed by atoms with Crippen LogP contribution in [0.4, 0.5) is 5.69 Å². The van der Waals surface area contributed by atoms with Crippen LogP contribution in [0.3, 0.4) is 0 Å². The lowest BCUT2D eigenvalue weighted by molar-refractivity contribution is -0.139. The highest BCUT2D eigenvalue weighted by Gasteiger charge is 2.41. The van der Waals surface area contributed by atoms with Gasteiger partial charge in [0.05, 0.1) is 10.9 Å². The van der Waals surface area contributed by atoms with Crippen molar-refractivity contribution >= 4 is 85.3 Å². The Balaban J connectivity index is 1.34. The first-order valence-electron chi connectivity index (χ1n) is 13.5. The highest BCUT2D eigenvalue weighted by atomic mass is 32.2. The van der Waals surface area contributed by atoms with Gasteiger partial charge in [0.25, 0.3) is 0 Å². The molecule has 1 saturated heterocycles. The van der Waals surface area contributed by atoms with E-state index in [2.05, 4.69) is 10.6 Å². The number of nitrogens with zero attached hydrogens (tertiary/aromatic N) is 1. The summed E-state index contributed by atoms with van der Waals surface area (Å²) in [5.41, 5.74) is 5.90. The minimum atomic E-state index is -1.29. The predicted octanol–water partition coefficient (Wildman–Crippen LogP) is 1.83. The molecule has 4 amide bonds. The number of amides is 4. The van der Waals surface area contributed by atoms with E-state index in [1.807, 2.05) is 48.5 Å². The van der Waals surface area contributed by atoms with E-state index in [4.69, 9.17) is 15.9 Å². The van der Waals surface area contributed by atoms with Crippen molar-refractivity contribution in [2.75, 3.05) is 17.2 Å². The summed E-state index contributed by atoms with van der Waals surface area (Å²) in [5.74, 6) is -5.05. The van der Waals surface area contributed by atoms with Crippen LogP contribution < -0.4 is 21.3 Å². The smallest absolute Gasteiger partial charge is 0.322 e. The Morgan fingerprint density at radius 1 is 0.953 bits per heavy atom. The van der Waals surface area contributed by atoms with Crippen LogP contribution in [-0.4, -0.2) is 75.4 Å². The number of anilines is 1. The molecule has 1 heterocycles. The normalized spacial score (nSPS) is 16.6. The lowest BCUT2D eigenvalue weighted by atomic mass is 9.93. The second-order valence-electron chi connectivity index (χ2n) is 10.2. The maximum atomic E-state index is 13.6. The lowest BCUT2D eigenvalue weighted by Crippen LogP contribution is -2.50. The molecule has 3 atom stereocenters. The average Bonchev–Trinajstić information content (AvgIpc) is 3.27. The summed E-state index contributed by atoms with van der Waals surface area (Å²) in [7, 11) is 0. The molecule has 0 radical (unpaired) electrons. The van der Waals surface area contributed by atoms with E-state index in [1.54, 1.807) is 6.07 Å². The first-order chi connectivity index (χ1) is 20.5. The number of rotatable bonds is 12. The average molecular weight is 605 g/mol. The summed E-state index contributed by atoms with van der Waals surface area (Å²) in [6, 6.07) is 15.0. The van der Waals surface area contributed by atoms with E-state index in [1.165, 1.54) is 0 Å². The minimum Gasteiger partial charge on any atom is -0.480 e. The van der Waals surface area contributed by atoms with Crippen molar-refractivity contribution in [1.82, 2.24) is 10.6 Å². The molecule has 4 aromatic rings. The lowest BCUT2D eigenvalue weighted by Gasteiger charge is -2.21. The van der Waals surface area contributed by atoms with Gasteiger partial charge in [0.2, 0.25) is 23.6 Å². The van der Waals surface area contributed by atoms with Gasteiger partial charge in [-0.3, -0.25) is 28.8 Å². The number of benzene rings is 4. The van der Waals surface area contributed by atoms with E-state index in [0.29, 0.717) is 5.69 Å². The van der Waals surface area contributed by atoms with Gasteiger partial charge in [-0.25, -0.2) is 4.90 Å². The zero-order valence-corrected chi connectivity index (χ0v) is 23.6.